The summed E-state index contributed by atoms with van der Waals surface area (Å²) in [6.45, 7) is 7.80. The summed E-state index contributed by atoms with van der Waals surface area (Å²) in [6, 6.07) is 10.1. The zero-order chi connectivity index (χ0) is 21.1. The molecule has 7 nitrogen and oxygen atoms in total. The highest BCUT2D eigenvalue weighted by atomic mass is 16.6. The summed E-state index contributed by atoms with van der Waals surface area (Å²) in [4.78, 5) is 18.8. The minimum Gasteiger partial charge on any atom is -0.444 e. The number of amides is 1. The smallest absolute Gasteiger partial charge is 0.410 e. The van der Waals surface area contributed by atoms with E-state index in [2.05, 4.69) is 28.1 Å². The van der Waals surface area contributed by atoms with Crippen LogP contribution in [0.2, 0.25) is 0 Å². The van der Waals surface area contributed by atoms with E-state index < -0.39 is 5.60 Å². The number of hydrogen-bond acceptors (Lipinski definition) is 6. The van der Waals surface area contributed by atoms with Gasteiger partial charge in [0, 0.05) is 42.5 Å². The Balaban J connectivity index is 1.26. The fraction of sp³-hybridized carbons (Fsp3) is 0.478. The molecule has 0 saturated carbocycles. The predicted octanol–water partition coefficient (Wildman–Crippen LogP) is 2.93. The van der Waals surface area contributed by atoms with Gasteiger partial charge in [0.2, 0.25) is 0 Å². The van der Waals surface area contributed by atoms with Gasteiger partial charge >= 0.3 is 6.09 Å². The Bertz CT molecular complexity index is 861. The molecule has 30 heavy (non-hydrogen) atoms. The zero-order valence-electron chi connectivity index (χ0n) is 17.9. The molecule has 7 heteroatoms. The SMILES string of the molecule is CC(C)(C)OC(=O)N1CCC(C2NC=C(C3=CNC(c4ccccc4)=NC3)N2)CC1. The number of amidine groups is 1. The normalized spacial score (nSPS) is 22.2. The van der Waals surface area contributed by atoms with Gasteiger partial charge in [0.1, 0.15) is 11.4 Å². The van der Waals surface area contributed by atoms with Crippen molar-refractivity contribution < 1.29 is 9.53 Å². The summed E-state index contributed by atoms with van der Waals surface area (Å²) in [6.07, 6.45) is 5.93. The largest absolute Gasteiger partial charge is 0.444 e. The van der Waals surface area contributed by atoms with Crippen molar-refractivity contribution in [3.8, 4) is 0 Å². The van der Waals surface area contributed by atoms with Crippen LogP contribution in [0.5, 0.6) is 0 Å². The number of carbonyl (C=O) groups is 1. The molecule has 0 aromatic heterocycles. The Labute approximate surface area is 178 Å². The van der Waals surface area contributed by atoms with Crippen LogP contribution in [-0.2, 0) is 4.74 Å². The van der Waals surface area contributed by atoms with Gasteiger partial charge in [-0.2, -0.15) is 0 Å². The van der Waals surface area contributed by atoms with Crippen LogP contribution < -0.4 is 16.0 Å². The fourth-order valence-electron chi connectivity index (χ4n) is 3.95. The van der Waals surface area contributed by atoms with E-state index in [1.54, 1.807) is 0 Å². The first-order chi connectivity index (χ1) is 14.4. The van der Waals surface area contributed by atoms with E-state index in [4.69, 9.17) is 9.73 Å². The number of rotatable bonds is 3. The van der Waals surface area contributed by atoms with Gasteiger partial charge in [-0.15, -0.1) is 0 Å². The molecule has 1 aromatic rings. The molecule has 1 amide bonds. The Morgan fingerprint density at radius 3 is 2.50 bits per heavy atom. The topological polar surface area (TPSA) is 78.0 Å². The third-order valence-corrected chi connectivity index (χ3v) is 5.56. The highest BCUT2D eigenvalue weighted by Gasteiger charge is 2.32. The van der Waals surface area contributed by atoms with Crippen LogP contribution in [0.15, 0.2) is 59.0 Å². The molecule has 3 aliphatic rings. The van der Waals surface area contributed by atoms with Crippen molar-refractivity contribution in [2.45, 2.75) is 45.4 Å². The van der Waals surface area contributed by atoms with E-state index in [-0.39, 0.29) is 12.3 Å². The molecule has 0 aliphatic carbocycles. The molecule has 0 spiro atoms. The van der Waals surface area contributed by atoms with Crippen molar-refractivity contribution in [3.63, 3.8) is 0 Å². The average molecular weight is 410 g/mol. The van der Waals surface area contributed by atoms with Crippen molar-refractivity contribution in [3.05, 3.63) is 59.6 Å². The molecule has 1 atom stereocenters. The molecular weight excluding hydrogens is 378 g/mol. The first-order valence-electron chi connectivity index (χ1n) is 10.7. The van der Waals surface area contributed by atoms with Crippen LogP contribution >= 0.6 is 0 Å². The van der Waals surface area contributed by atoms with Gasteiger partial charge in [-0.3, -0.25) is 4.99 Å². The number of hydrogen-bond donors (Lipinski definition) is 3. The summed E-state index contributed by atoms with van der Waals surface area (Å²) in [7, 11) is 0. The average Bonchev–Trinajstić information content (AvgIpc) is 3.24. The molecule has 3 N–H and O–H groups in total. The monoisotopic (exact) mass is 409 g/mol. The second kappa shape index (κ2) is 8.42. The van der Waals surface area contributed by atoms with E-state index in [1.807, 2.05) is 56.3 Å². The Morgan fingerprint density at radius 1 is 1.13 bits per heavy atom. The quantitative estimate of drug-likeness (QED) is 0.716. The molecule has 1 saturated heterocycles. The van der Waals surface area contributed by atoms with E-state index >= 15 is 0 Å². The summed E-state index contributed by atoms with van der Waals surface area (Å²) < 4.78 is 5.49. The molecule has 3 heterocycles. The summed E-state index contributed by atoms with van der Waals surface area (Å²) in [5, 5.41) is 10.4. The van der Waals surface area contributed by atoms with Crippen LogP contribution in [0.4, 0.5) is 4.79 Å². The Morgan fingerprint density at radius 2 is 1.87 bits per heavy atom. The minimum atomic E-state index is -0.452. The molecule has 0 bridgehead atoms. The van der Waals surface area contributed by atoms with Gasteiger partial charge < -0.3 is 25.6 Å². The minimum absolute atomic E-state index is 0.182. The maximum Gasteiger partial charge on any atom is 0.410 e. The number of carbonyl (C=O) groups excluding carboxylic acids is 1. The Kier molecular flexibility index (Phi) is 5.70. The van der Waals surface area contributed by atoms with Crippen molar-refractivity contribution >= 4 is 11.9 Å². The Hall–Kier alpha value is -2.96. The second-order valence-corrected chi connectivity index (χ2v) is 9.00. The highest BCUT2D eigenvalue weighted by molar-refractivity contribution is 6.00. The lowest BCUT2D eigenvalue weighted by Gasteiger charge is -2.36. The first kappa shape index (κ1) is 20.3. The van der Waals surface area contributed by atoms with Crippen LogP contribution in [0, 0.1) is 5.92 Å². The summed E-state index contributed by atoms with van der Waals surface area (Å²) >= 11 is 0. The van der Waals surface area contributed by atoms with Crippen LogP contribution in [0.3, 0.4) is 0 Å². The lowest BCUT2D eigenvalue weighted by atomic mass is 9.94. The van der Waals surface area contributed by atoms with E-state index in [0.29, 0.717) is 12.5 Å². The number of aliphatic imine (C=N–C) groups is 1. The van der Waals surface area contributed by atoms with Gasteiger partial charge in [0.25, 0.3) is 0 Å². The molecule has 4 rings (SSSR count). The molecule has 1 fully saturated rings. The number of piperidine rings is 1. The van der Waals surface area contributed by atoms with Gasteiger partial charge in [0.15, 0.2) is 0 Å². The lowest BCUT2D eigenvalue weighted by molar-refractivity contribution is 0.0169. The van der Waals surface area contributed by atoms with Gasteiger partial charge in [-0.05, 0) is 33.6 Å². The third-order valence-electron chi connectivity index (χ3n) is 5.56. The van der Waals surface area contributed by atoms with Crippen molar-refractivity contribution in [1.82, 2.24) is 20.9 Å². The molecule has 1 unspecified atom stereocenters. The molecule has 1 aromatic carbocycles. The molecule has 0 radical (unpaired) electrons. The first-order valence-corrected chi connectivity index (χ1v) is 10.7. The predicted molar refractivity (Wildman–Crippen MR) is 118 cm³/mol. The molecular formula is C23H31N5O2. The molecule has 3 aliphatic heterocycles. The number of benzene rings is 1. The van der Waals surface area contributed by atoms with Gasteiger partial charge in [-0.25, -0.2) is 4.79 Å². The maximum absolute atomic E-state index is 12.3. The van der Waals surface area contributed by atoms with Crippen LogP contribution in [0.25, 0.3) is 0 Å². The highest BCUT2D eigenvalue weighted by Crippen LogP contribution is 2.25. The molecule has 160 valence electrons. The number of nitrogens with zero attached hydrogens (tertiary/aromatic N) is 2. The van der Waals surface area contributed by atoms with Crippen molar-refractivity contribution in [2.75, 3.05) is 19.6 Å². The van der Waals surface area contributed by atoms with Gasteiger partial charge in [0.05, 0.1) is 18.4 Å². The standard InChI is InChI=1S/C23H31N5O2/c1-23(2,3)30-22(29)28-11-9-17(10-12-28)21-26-15-19(27-21)18-13-24-20(25-14-18)16-7-5-4-6-8-16/h4-8,13,15,17,21,26-27H,9-12,14H2,1-3H3,(H,24,25). The number of likely N-dealkylation sites (tertiary alicyclic amines) is 1. The number of ether oxygens (including phenoxy) is 1. The summed E-state index contributed by atoms with van der Waals surface area (Å²) in [5.74, 6) is 1.36. The second-order valence-electron chi connectivity index (χ2n) is 9.00. The van der Waals surface area contributed by atoms with E-state index in [1.165, 1.54) is 0 Å². The maximum atomic E-state index is 12.3. The fourth-order valence-corrected chi connectivity index (χ4v) is 3.95. The van der Waals surface area contributed by atoms with Crippen molar-refractivity contribution in [2.24, 2.45) is 10.9 Å². The van der Waals surface area contributed by atoms with Crippen LogP contribution in [0.1, 0.15) is 39.2 Å². The summed E-state index contributed by atoms with van der Waals surface area (Å²) in [5.41, 5.74) is 2.86. The van der Waals surface area contributed by atoms with Crippen LogP contribution in [-0.4, -0.2) is 48.2 Å². The van der Waals surface area contributed by atoms with Gasteiger partial charge in [-0.1, -0.05) is 30.3 Å². The lowest BCUT2D eigenvalue weighted by Crippen LogP contribution is -2.48. The zero-order valence-corrected chi connectivity index (χ0v) is 17.9. The van der Waals surface area contributed by atoms with Crippen molar-refractivity contribution in [1.29, 1.82) is 0 Å². The number of nitrogens with one attached hydrogen (secondary N) is 3. The third kappa shape index (κ3) is 4.78. The van der Waals surface area contributed by atoms with E-state index in [0.717, 1.165) is 48.6 Å². The van der Waals surface area contributed by atoms with E-state index in [9.17, 15) is 4.79 Å².